The van der Waals surface area contributed by atoms with Gasteiger partial charge in [0.1, 0.15) is 12.9 Å². The van der Waals surface area contributed by atoms with Crippen LogP contribution in [0.25, 0.3) is 0 Å². The smallest absolute Gasteiger partial charge is 0.150 e. The molecule has 0 aliphatic carbocycles. The normalized spacial score (nSPS) is 28.5. The lowest BCUT2D eigenvalue weighted by Crippen LogP contribution is -2.45. The summed E-state index contributed by atoms with van der Waals surface area (Å²) in [4.78, 5) is 19.4. The van der Waals surface area contributed by atoms with Crippen molar-refractivity contribution in [1.29, 1.82) is 0 Å². The molecule has 2 saturated heterocycles. The van der Waals surface area contributed by atoms with Crippen molar-refractivity contribution in [3.05, 3.63) is 0 Å². The molecule has 5 heteroatoms. The molecule has 0 spiro atoms. The van der Waals surface area contributed by atoms with E-state index in [2.05, 4.69) is 22.4 Å². The van der Waals surface area contributed by atoms with Crippen LogP contribution in [0.15, 0.2) is 5.16 Å². The molecular weight excluding hydrogens is 242 g/mol. The fourth-order valence-electron chi connectivity index (χ4n) is 2.92. The molecule has 2 aliphatic heterocycles. The Labute approximate surface area is 115 Å². The van der Waals surface area contributed by atoms with Gasteiger partial charge in [0, 0.05) is 13.0 Å². The number of carbonyl (C=O) groups excluding carboxylic acids is 1. The highest BCUT2D eigenvalue weighted by Crippen LogP contribution is 2.21. The lowest BCUT2D eigenvalue weighted by molar-refractivity contribution is -0.122. The zero-order valence-electron chi connectivity index (χ0n) is 12.0. The first-order valence-corrected chi connectivity index (χ1v) is 7.22. The first kappa shape index (κ1) is 14.5. The second-order valence-electron chi connectivity index (χ2n) is 5.73. The zero-order chi connectivity index (χ0) is 13.7. The van der Waals surface area contributed by atoms with Crippen LogP contribution in [0.5, 0.6) is 0 Å². The quantitative estimate of drug-likeness (QED) is 0.773. The van der Waals surface area contributed by atoms with Crippen LogP contribution in [-0.4, -0.2) is 56.2 Å². The van der Waals surface area contributed by atoms with Gasteiger partial charge in [-0.2, -0.15) is 0 Å². The summed E-state index contributed by atoms with van der Waals surface area (Å²) in [5.74, 6) is 0.963. The lowest BCUT2D eigenvalue weighted by atomic mass is 9.88. The van der Waals surface area contributed by atoms with Crippen LogP contribution in [0.3, 0.4) is 0 Å². The summed E-state index contributed by atoms with van der Waals surface area (Å²) in [6.45, 7) is 2.93. The number of Topliss-reactive ketones (excluding diaryl/α,β-unsaturated/α-hetero) is 1. The lowest BCUT2D eigenvalue weighted by Gasteiger charge is -2.30. The molecule has 0 aromatic rings. The Bertz CT molecular complexity index is 326. The minimum atomic E-state index is 0.0236. The van der Waals surface area contributed by atoms with Gasteiger partial charge in [0.15, 0.2) is 0 Å². The van der Waals surface area contributed by atoms with Gasteiger partial charge in [0.2, 0.25) is 0 Å². The number of carbonyl (C=O) groups is 1. The molecule has 0 saturated carbocycles. The zero-order valence-corrected chi connectivity index (χ0v) is 12.0. The van der Waals surface area contributed by atoms with E-state index >= 15 is 0 Å². The molecule has 0 amide bonds. The fraction of sp³-hybridized carbons (Fsp3) is 0.857. The summed E-state index contributed by atoms with van der Waals surface area (Å²) < 4.78 is 0. The molecule has 1 N–H and O–H groups in total. The molecule has 2 rings (SSSR count). The first-order valence-electron chi connectivity index (χ1n) is 7.22. The predicted octanol–water partition coefficient (Wildman–Crippen LogP) is 1.04. The van der Waals surface area contributed by atoms with Crippen molar-refractivity contribution < 1.29 is 9.63 Å². The summed E-state index contributed by atoms with van der Waals surface area (Å²) in [5, 5.41) is 7.22. The maximum absolute atomic E-state index is 12.3. The van der Waals surface area contributed by atoms with Gasteiger partial charge in [-0.25, -0.2) is 0 Å². The Hall–Kier alpha value is -0.940. The minimum Gasteiger partial charge on any atom is -0.399 e. The monoisotopic (exact) mass is 267 g/mol. The summed E-state index contributed by atoms with van der Waals surface area (Å²) >= 11 is 0. The van der Waals surface area contributed by atoms with Crippen LogP contribution in [-0.2, 0) is 9.63 Å². The van der Waals surface area contributed by atoms with Crippen LogP contribution in [0.1, 0.15) is 32.1 Å². The van der Waals surface area contributed by atoms with E-state index in [-0.39, 0.29) is 6.04 Å². The summed E-state index contributed by atoms with van der Waals surface area (Å²) in [7, 11) is 3.71. The highest BCUT2D eigenvalue weighted by molar-refractivity contribution is 5.91. The van der Waals surface area contributed by atoms with Crippen LogP contribution in [0.2, 0.25) is 0 Å². The van der Waals surface area contributed by atoms with Gasteiger partial charge in [0.05, 0.1) is 11.8 Å². The molecule has 0 radical (unpaired) electrons. The standard InChI is InChI=1S/C14H25N3O2/c1-17-7-5-11(6-8-17)9-14(18)13-4-3-12(10-15-13)16-19-2/h11,13,15H,3-10H2,1-2H3/t13-/m0/s1. The van der Waals surface area contributed by atoms with Crippen molar-refractivity contribution in [3.8, 4) is 0 Å². The van der Waals surface area contributed by atoms with Crippen LogP contribution < -0.4 is 5.32 Å². The van der Waals surface area contributed by atoms with Gasteiger partial charge < -0.3 is 15.1 Å². The highest BCUT2D eigenvalue weighted by Gasteiger charge is 2.27. The SMILES string of the molecule is CON=C1CC[C@@H](C(=O)CC2CCN(C)CC2)NC1. The predicted molar refractivity (Wildman–Crippen MR) is 75.3 cm³/mol. The first-order chi connectivity index (χ1) is 9.19. The largest absolute Gasteiger partial charge is 0.399 e. The molecule has 2 aliphatic rings. The molecule has 2 fully saturated rings. The fourth-order valence-corrected chi connectivity index (χ4v) is 2.92. The number of nitrogens with one attached hydrogen (secondary N) is 1. The minimum absolute atomic E-state index is 0.0236. The third-order valence-corrected chi connectivity index (χ3v) is 4.21. The second kappa shape index (κ2) is 7.01. The Morgan fingerprint density at radius 1 is 1.42 bits per heavy atom. The maximum Gasteiger partial charge on any atom is 0.150 e. The van der Waals surface area contributed by atoms with Gasteiger partial charge in [-0.05, 0) is 51.7 Å². The number of piperidine rings is 2. The Kier molecular flexibility index (Phi) is 5.34. The average Bonchev–Trinajstić information content (AvgIpc) is 2.42. The number of nitrogens with zero attached hydrogens (tertiary/aromatic N) is 2. The number of rotatable bonds is 4. The molecule has 1 atom stereocenters. The Balaban J connectivity index is 1.74. The third-order valence-electron chi connectivity index (χ3n) is 4.21. The van der Waals surface area contributed by atoms with E-state index in [1.54, 1.807) is 7.11 Å². The number of likely N-dealkylation sites (tertiary alicyclic amines) is 1. The van der Waals surface area contributed by atoms with Crippen molar-refractivity contribution in [3.63, 3.8) is 0 Å². The third kappa shape index (κ3) is 4.28. The van der Waals surface area contributed by atoms with E-state index in [1.165, 1.54) is 0 Å². The molecule has 108 valence electrons. The molecule has 0 aromatic heterocycles. The van der Waals surface area contributed by atoms with Gasteiger partial charge in [-0.15, -0.1) is 0 Å². The molecule has 19 heavy (non-hydrogen) atoms. The van der Waals surface area contributed by atoms with Crippen LogP contribution in [0, 0.1) is 5.92 Å². The van der Waals surface area contributed by atoms with Crippen molar-refractivity contribution in [2.75, 3.05) is 33.8 Å². The Morgan fingerprint density at radius 3 is 2.74 bits per heavy atom. The number of hydrogen-bond acceptors (Lipinski definition) is 5. The number of oxime groups is 1. The number of hydrogen-bond donors (Lipinski definition) is 1. The number of ketones is 1. The second-order valence-corrected chi connectivity index (χ2v) is 5.73. The van der Waals surface area contributed by atoms with E-state index in [1.807, 2.05) is 0 Å². The molecule has 2 heterocycles. The van der Waals surface area contributed by atoms with Crippen molar-refractivity contribution in [1.82, 2.24) is 10.2 Å². The molecular formula is C14H25N3O2. The van der Waals surface area contributed by atoms with Crippen molar-refractivity contribution >= 4 is 11.5 Å². The average molecular weight is 267 g/mol. The van der Waals surface area contributed by atoms with Crippen molar-refractivity contribution in [2.45, 2.75) is 38.1 Å². The van der Waals surface area contributed by atoms with Crippen LogP contribution >= 0.6 is 0 Å². The van der Waals surface area contributed by atoms with E-state index in [0.29, 0.717) is 18.2 Å². The van der Waals surface area contributed by atoms with Gasteiger partial charge in [-0.3, -0.25) is 4.79 Å². The summed E-state index contributed by atoms with van der Waals surface area (Å²) in [6.07, 6.45) is 4.78. The molecule has 0 unspecified atom stereocenters. The maximum atomic E-state index is 12.3. The topological polar surface area (TPSA) is 53.9 Å². The summed E-state index contributed by atoms with van der Waals surface area (Å²) in [5.41, 5.74) is 1.01. The van der Waals surface area contributed by atoms with E-state index in [0.717, 1.165) is 50.9 Å². The van der Waals surface area contributed by atoms with Gasteiger partial charge in [-0.1, -0.05) is 5.16 Å². The van der Waals surface area contributed by atoms with Gasteiger partial charge in [0.25, 0.3) is 0 Å². The Morgan fingerprint density at radius 2 is 2.16 bits per heavy atom. The molecule has 0 bridgehead atoms. The molecule has 5 nitrogen and oxygen atoms in total. The molecule has 0 aromatic carbocycles. The van der Waals surface area contributed by atoms with E-state index in [9.17, 15) is 4.79 Å². The highest BCUT2D eigenvalue weighted by atomic mass is 16.6. The van der Waals surface area contributed by atoms with E-state index < -0.39 is 0 Å². The van der Waals surface area contributed by atoms with Gasteiger partial charge >= 0.3 is 0 Å². The van der Waals surface area contributed by atoms with Crippen LogP contribution in [0.4, 0.5) is 0 Å². The van der Waals surface area contributed by atoms with E-state index in [4.69, 9.17) is 4.84 Å². The summed E-state index contributed by atoms with van der Waals surface area (Å²) in [6, 6.07) is 0.0236. The van der Waals surface area contributed by atoms with Crippen molar-refractivity contribution in [2.24, 2.45) is 11.1 Å².